The average Bonchev–Trinajstić information content (AvgIpc) is 3.12. The second-order valence-corrected chi connectivity index (χ2v) is 6.35. The highest BCUT2D eigenvalue weighted by Gasteiger charge is 2.15. The second-order valence-electron chi connectivity index (χ2n) is 5.41. The van der Waals surface area contributed by atoms with Crippen molar-refractivity contribution >= 4 is 17.5 Å². The first-order valence-corrected chi connectivity index (χ1v) is 8.21. The Labute approximate surface area is 138 Å². The van der Waals surface area contributed by atoms with Crippen LogP contribution in [0.4, 0.5) is 0 Å². The van der Waals surface area contributed by atoms with E-state index in [0.29, 0.717) is 10.9 Å². The minimum Gasteiger partial charge on any atom is -0.362 e. The van der Waals surface area contributed by atoms with E-state index >= 15 is 0 Å². The van der Waals surface area contributed by atoms with Gasteiger partial charge in [-0.15, -0.1) is 5.10 Å². The molecule has 0 aliphatic rings. The maximum atomic E-state index is 12.3. The van der Waals surface area contributed by atoms with Gasteiger partial charge in [0.25, 0.3) is 0 Å². The van der Waals surface area contributed by atoms with Crippen LogP contribution in [0.5, 0.6) is 0 Å². The number of benzene rings is 1. The van der Waals surface area contributed by atoms with Crippen molar-refractivity contribution in [1.82, 2.24) is 25.2 Å². The van der Waals surface area contributed by atoms with Crippen LogP contribution in [0.1, 0.15) is 27.3 Å². The first-order valence-electron chi connectivity index (χ1n) is 7.22. The number of carbonyl (C=O) groups is 1. The average molecular weight is 327 g/mol. The monoisotopic (exact) mass is 327 g/mol. The van der Waals surface area contributed by atoms with Crippen LogP contribution in [0.15, 0.2) is 35.5 Å². The van der Waals surface area contributed by atoms with Gasteiger partial charge in [0.05, 0.1) is 11.4 Å². The highest BCUT2D eigenvalue weighted by atomic mass is 32.2. The van der Waals surface area contributed by atoms with Crippen LogP contribution in [0.25, 0.3) is 5.69 Å². The molecule has 0 aliphatic carbocycles. The topological polar surface area (TPSA) is 76.5 Å². The highest BCUT2D eigenvalue weighted by Crippen LogP contribution is 2.21. The summed E-state index contributed by atoms with van der Waals surface area (Å²) in [4.78, 5) is 15.5. The zero-order valence-corrected chi connectivity index (χ0v) is 14.0. The Kier molecular flexibility index (Phi) is 4.29. The number of carbonyl (C=O) groups excluding carboxylic acids is 1. The van der Waals surface area contributed by atoms with E-state index in [9.17, 15) is 4.79 Å². The van der Waals surface area contributed by atoms with Gasteiger partial charge < -0.3 is 4.98 Å². The summed E-state index contributed by atoms with van der Waals surface area (Å²) < 4.78 is 1.65. The molecule has 0 saturated heterocycles. The molecule has 3 rings (SSSR count). The van der Waals surface area contributed by atoms with E-state index in [4.69, 9.17) is 0 Å². The lowest BCUT2D eigenvalue weighted by atomic mass is 10.2. The zero-order chi connectivity index (χ0) is 16.4. The van der Waals surface area contributed by atoms with Gasteiger partial charge in [-0.3, -0.25) is 4.79 Å². The number of rotatable bonds is 5. The second kappa shape index (κ2) is 6.37. The summed E-state index contributed by atoms with van der Waals surface area (Å²) in [7, 11) is 0. The van der Waals surface area contributed by atoms with Gasteiger partial charge in [-0.05, 0) is 49.4 Å². The van der Waals surface area contributed by atoms with Crippen molar-refractivity contribution in [2.75, 3.05) is 5.75 Å². The van der Waals surface area contributed by atoms with Gasteiger partial charge in [0.2, 0.25) is 5.16 Å². The molecule has 6 nitrogen and oxygen atoms in total. The zero-order valence-electron chi connectivity index (χ0n) is 13.2. The number of H-pyrrole nitrogens is 1. The molecular weight excluding hydrogens is 310 g/mol. The van der Waals surface area contributed by atoms with Gasteiger partial charge in [-0.2, -0.15) is 4.68 Å². The summed E-state index contributed by atoms with van der Waals surface area (Å²) in [5.41, 5.74) is 4.66. The Morgan fingerprint density at radius 1 is 1.22 bits per heavy atom. The molecular formula is C16H17N5OS. The quantitative estimate of drug-likeness (QED) is 0.576. The largest absolute Gasteiger partial charge is 0.362 e. The smallest absolute Gasteiger partial charge is 0.214 e. The van der Waals surface area contributed by atoms with Gasteiger partial charge in [-0.1, -0.05) is 29.5 Å². The van der Waals surface area contributed by atoms with Crippen LogP contribution in [0.2, 0.25) is 0 Å². The molecule has 0 fully saturated rings. The van der Waals surface area contributed by atoms with Crippen molar-refractivity contribution in [3.8, 4) is 5.69 Å². The first-order chi connectivity index (χ1) is 11.0. The fourth-order valence-electron chi connectivity index (χ4n) is 2.34. The molecule has 3 aromatic rings. The number of thioether (sulfide) groups is 1. The fourth-order valence-corrected chi connectivity index (χ4v) is 3.11. The molecule has 1 N–H and O–H groups in total. The third kappa shape index (κ3) is 3.34. The predicted molar refractivity (Wildman–Crippen MR) is 89.2 cm³/mol. The minimum atomic E-state index is 0.0651. The van der Waals surface area contributed by atoms with Crippen LogP contribution in [-0.2, 0) is 0 Å². The number of hydrogen-bond donors (Lipinski definition) is 1. The lowest BCUT2D eigenvalue weighted by Gasteiger charge is -2.04. The highest BCUT2D eigenvalue weighted by molar-refractivity contribution is 7.99. The van der Waals surface area contributed by atoms with Crippen LogP contribution in [-0.4, -0.2) is 36.7 Å². The lowest BCUT2D eigenvalue weighted by molar-refractivity contribution is 0.102. The summed E-state index contributed by atoms with van der Waals surface area (Å²) >= 11 is 1.34. The van der Waals surface area contributed by atoms with E-state index in [1.54, 1.807) is 4.68 Å². The van der Waals surface area contributed by atoms with Gasteiger partial charge in [0.15, 0.2) is 5.78 Å². The van der Waals surface area contributed by atoms with Crippen LogP contribution in [0, 0.1) is 20.8 Å². The summed E-state index contributed by atoms with van der Waals surface area (Å²) in [6.45, 7) is 5.87. The number of nitrogens with zero attached hydrogens (tertiary/aromatic N) is 4. The molecule has 0 radical (unpaired) electrons. The van der Waals surface area contributed by atoms with E-state index in [2.05, 4.69) is 20.5 Å². The molecule has 7 heteroatoms. The van der Waals surface area contributed by atoms with Crippen molar-refractivity contribution in [3.05, 3.63) is 52.8 Å². The van der Waals surface area contributed by atoms with E-state index < -0.39 is 0 Å². The number of aromatic amines is 1. The Balaban J connectivity index is 1.74. The van der Waals surface area contributed by atoms with E-state index in [1.807, 2.05) is 51.1 Å². The number of tetrazole rings is 1. The Bertz CT molecular complexity index is 835. The number of ketones is 1. The molecule has 0 bridgehead atoms. The standard InChI is InChI=1S/C16H17N5OS/c1-10-4-6-13(7-5-10)21-16(18-19-20-21)23-9-15(22)14-8-11(2)17-12(14)3/h4-8,17H,9H2,1-3H3. The predicted octanol–water partition coefficient (Wildman–Crippen LogP) is 2.89. The molecule has 2 heterocycles. The van der Waals surface area contributed by atoms with Crippen LogP contribution < -0.4 is 0 Å². The minimum absolute atomic E-state index is 0.0651. The van der Waals surface area contributed by atoms with Gasteiger partial charge >= 0.3 is 0 Å². The maximum Gasteiger partial charge on any atom is 0.214 e. The maximum absolute atomic E-state index is 12.3. The number of hydrogen-bond acceptors (Lipinski definition) is 5. The van der Waals surface area contributed by atoms with Gasteiger partial charge in [0.1, 0.15) is 0 Å². The lowest BCUT2D eigenvalue weighted by Crippen LogP contribution is -2.05. The molecule has 2 aromatic heterocycles. The molecule has 118 valence electrons. The first kappa shape index (κ1) is 15.5. The molecule has 0 spiro atoms. The van der Waals surface area contributed by atoms with Gasteiger partial charge in [0, 0.05) is 17.0 Å². The van der Waals surface area contributed by atoms with Crippen LogP contribution >= 0.6 is 11.8 Å². The van der Waals surface area contributed by atoms with Crippen LogP contribution in [0.3, 0.4) is 0 Å². The molecule has 0 unspecified atom stereocenters. The molecule has 1 aromatic carbocycles. The van der Waals surface area contributed by atoms with Gasteiger partial charge in [-0.25, -0.2) is 0 Å². The molecule has 0 amide bonds. The molecule has 23 heavy (non-hydrogen) atoms. The van der Waals surface area contributed by atoms with Crippen molar-refractivity contribution < 1.29 is 4.79 Å². The van der Waals surface area contributed by atoms with Crippen molar-refractivity contribution in [3.63, 3.8) is 0 Å². The molecule has 0 atom stereocenters. The van der Waals surface area contributed by atoms with Crippen molar-refractivity contribution in [2.45, 2.75) is 25.9 Å². The Morgan fingerprint density at radius 2 is 1.96 bits per heavy atom. The number of aryl methyl sites for hydroxylation is 3. The van der Waals surface area contributed by atoms with E-state index in [0.717, 1.165) is 22.6 Å². The number of Topliss-reactive ketones (excluding diaryl/α,β-unsaturated/α-hetero) is 1. The summed E-state index contributed by atoms with van der Waals surface area (Å²) in [6.07, 6.45) is 0. The third-order valence-electron chi connectivity index (χ3n) is 3.50. The van der Waals surface area contributed by atoms with E-state index in [-0.39, 0.29) is 5.78 Å². The van der Waals surface area contributed by atoms with Crippen molar-refractivity contribution in [1.29, 1.82) is 0 Å². The van der Waals surface area contributed by atoms with E-state index in [1.165, 1.54) is 17.3 Å². The number of aromatic nitrogens is 5. The normalized spacial score (nSPS) is 10.9. The summed E-state index contributed by atoms with van der Waals surface area (Å²) in [5.74, 6) is 0.361. The summed E-state index contributed by atoms with van der Waals surface area (Å²) in [5, 5.41) is 12.3. The third-order valence-corrected chi connectivity index (χ3v) is 4.42. The summed E-state index contributed by atoms with van der Waals surface area (Å²) in [6, 6.07) is 9.79. The Hall–Kier alpha value is -2.41. The fraction of sp³-hybridized carbons (Fsp3) is 0.250. The molecule has 0 saturated carbocycles. The van der Waals surface area contributed by atoms with Crippen molar-refractivity contribution in [2.24, 2.45) is 0 Å². The SMILES string of the molecule is Cc1ccc(-n2nnnc2SCC(=O)c2cc(C)[nH]c2C)cc1. The Morgan fingerprint density at radius 3 is 2.61 bits per heavy atom. The molecule has 0 aliphatic heterocycles. The number of nitrogens with one attached hydrogen (secondary N) is 1.